The van der Waals surface area contributed by atoms with Gasteiger partial charge in [-0.25, -0.2) is 4.68 Å². The number of rotatable bonds is 8. The van der Waals surface area contributed by atoms with E-state index in [9.17, 15) is 4.79 Å². The molecule has 1 aromatic rings. The molecule has 6 heteroatoms. The molecule has 0 aliphatic heterocycles. The SMILES string of the molecule is CC(C)COCCNc1cnn(CC2CC2)c(=O)c1Br. The minimum Gasteiger partial charge on any atom is -0.380 e. The van der Waals surface area contributed by atoms with Crippen molar-refractivity contribution in [2.24, 2.45) is 11.8 Å². The van der Waals surface area contributed by atoms with Crippen LogP contribution in [0.3, 0.4) is 0 Å². The highest BCUT2D eigenvalue weighted by atomic mass is 79.9. The van der Waals surface area contributed by atoms with E-state index in [4.69, 9.17) is 4.74 Å². The first-order valence-electron chi connectivity index (χ1n) is 7.15. The van der Waals surface area contributed by atoms with Gasteiger partial charge in [-0.2, -0.15) is 5.10 Å². The van der Waals surface area contributed by atoms with E-state index >= 15 is 0 Å². The Bertz CT molecular complexity index is 498. The summed E-state index contributed by atoms with van der Waals surface area (Å²) >= 11 is 3.36. The smallest absolute Gasteiger partial charge is 0.283 e. The van der Waals surface area contributed by atoms with Crippen LogP contribution >= 0.6 is 15.9 Å². The summed E-state index contributed by atoms with van der Waals surface area (Å²) in [7, 11) is 0. The Morgan fingerprint density at radius 1 is 1.55 bits per heavy atom. The molecule has 0 radical (unpaired) electrons. The standard InChI is InChI=1S/C14H22BrN3O2/c1-10(2)9-20-6-5-16-12-7-17-18(8-11-3-4-11)14(19)13(12)15/h7,10-11,16H,3-6,8-9H2,1-2H3. The van der Waals surface area contributed by atoms with Gasteiger partial charge in [-0.1, -0.05) is 13.8 Å². The molecule has 2 rings (SSSR count). The summed E-state index contributed by atoms with van der Waals surface area (Å²) in [4.78, 5) is 12.1. The van der Waals surface area contributed by atoms with Gasteiger partial charge < -0.3 is 10.1 Å². The van der Waals surface area contributed by atoms with Gasteiger partial charge in [0.25, 0.3) is 5.56 Å². The van der Waals surface area contributed by atoms with Crippen molar-refractivity contribution in [1.82, 2.24) is 9.78 Å². The van der Waals surface area contributed by atoms with Crippen LogP contribution in [-0.4, -0.2) is 29.5 Å². The van der Waals surface area contributed by atoms with Crippen LogP contribution in [0.15, 0.2) is 15.5 Å². The van der Waals surface area contributed by atoms with Crippen molar-refractivity contribution in [1.29, 1.82) is 0 Å². The molecule has 1 fully saturated rings. The number of nitrogens with zero attached hydrogens (tertiary/aromatic N) is 2. The Balaban J connectivity index is 1.85. The lowest BCUT2D eigenvalue weighted by molar-refractivity contribution is 0.118. The summed E-state index contributed by atoms with van der Waals surface area (Å²) in [6, 6.07) is 0. The lowest BCUT2D eigenvalue weighted by atomic mass is 10.2. The van der Waals surface area contributed by atoms with Gasteiger partial charge in [-0.3, -0.25) is 4.79 Å². The summed E-state index contributed by atoms with van der Waals surface area (Å²) in [5, 5.41) is 7.39. The third-order valence-electron chi connectivity index (χ3n) is 3.13. The quantitative estimate of drug-likeness (QED) is 0.737. The average molecular weight is 344 g/mol. The zero-order valence-corrected chi connectivity index (χ0v) is 13.6. The van der Waals surface area contributed by atoms with Gasteiger partial charge in [0.15, 0.2) is 0 Å². The first-order valence-corrected chi connectivity index (χ1v) is 7.94. The maximum absolute atomic E-state index is 12.1. The van der Waals surface area contributed by atoms with Crippen molar-refractivity contribution in [3.63, 3.8) is 0 Å². The second kappa shape index (κ2) is 7.22. The minimum absolute atomic E-state index is 0.0648. The van der Waals surface area contributed by atoms with E-state index in [0.717, 1.165) is 18.8 Å². The maximum atomic E-state index is 12.1. The van der Waals surface area contributed by atoms with Crippen LogP contribution < -0.4 is 10.9 Å². The molecule has 0 aromatic carbocycles. The predicted octanol–water partition coefficient (Wildman–Crippen LogP) is 2.50. The van der Waals surface area contributed by atoms with E-state index in [1.54, 1.807) is 10.9 Å². The second-order valence-corrected chi connectivity index (χ2v) is 6.49. The zero-order valence-electron chi connectivity index (χ0n) is 12.1. The molecule has 0 bridgehead atoms. The Hall–Kier alpha value is -0.880. The largest absolute Gasteiger partial charge is 0.380 e. The van der Waals surface area contributed by atoms with Gasteiger partial charge >= 0.3 is 0 Å². The van der Waals surface area contributed by atoms with Crippen LogP contribution in [0.4, 0.5) is 5.69 Å². The molecule has 1 aromatic heterocycles. The average Bonchev–Trinajstić information content (AvgIpc) is 3.21. The first kappa shape index (κ1) is 15.5. The monoisotopic (exact) mass is 343 g/mol. The number of anilines is 1. The lowest BCUT2D eigenvalue weighted by Crippen LogP contribution is -2.25. The maximum Gasteiger partial charge on any atom is 0.283 e. The number of nitrogens with one attached hydrogen (secondary N) is 1. The molecule has 0 atom stereocenters. The first-order chi connectivity index (χ1) is 9.58. The minimum atomic E-state index is -0.0648. The van der Waals surface area contributed by atoms with Crippen LogP contribution in [0.2, 0.25) is 0 Å². The highest BCUT2D eigenvalue weighted by Crippen LogP contribution is 2.30. The van der Waals surface area contributed by atoms with E-state index < -0.39 is 0 Å². The molecule has 5 nitrogen and oxygen atoms in total. The molecule has 1 N–H and O–H groups in total. The lowest BCUT2D eigenvalue weighted by Gasteiger charge is -2.11. The summed E-state index contributed by atoms with van der Waals surface area (Å²) < 4.78 is 7.59. The Morgan fingerprint density at radius 3 is 2.95 bits per heavy atom. The van der Waals surface area contributed by atoms with Gasteiger partial charge in [0, 0.05) is 19.7 Å². The zero-order chi connectivity index (χ0) is 14.5. The molecule has 20 heavy (non-hydrogen) atoms. The number of aromatic nitrogens is 2. The summed E-state index contributed by atoms with van der Waals surface area (Å²) in [6.45, 7) is 7.01. The van der Waals surface area contributed by atoms with E-state index in [1.165, 1.54) is 12.8 Å². The fraction of sp³-hybridized carbons (Fsp3) is 0.714. The topological polar surface area (TPSA) is 56.1 Å². The number of halogens is 1. The van der Waals surface area contributed by atoms with Gasteiger partial charge in [-0.05, 0) is 40.6 Å². The molecule has 0 saturated heterocycles. The van der Waals surface area contributed by atoms with Crippen molar-refractivity contribution < 1.29 is 4.74 Å². The molecular weight excluding hydrogens is 322 g/mol. The van der Waals surface area contributed by atoms with Crippen molar-refractivity contribution in [2.45, 2.75) is 33.2 Å². The van der Waals surface area contributed by atoms with Crippen molar-refractivity contribution in [3.05, 3.63) is 21.0 Å². The summed E-state index contributed by atoms with van der Waals surface area (Å²) in [5.74, 6) is 1.17. The molecule has 1 aliphatic carbocycles. The summed E-state index contributed by atoms with van der Waals surface area (Å²) in [5.41, 5.74) is 0.667. The molecule has 0 unspecified atom stereocenters. The molecule has 0 amide bonds. The number of ether oxygens (including phenoxy) is 1. The highest BCUT2D eigenvalue weighted by molar-refractivity contribution is 9.10. The molecule has 1 saturated carbocycles. The Labute approximate surface area is 127 Å². The number of hydrogen-bond acceptors (Lipinski definition) is 4. The third-order valence-corrected chi connectivity index (χ3v) is 3.89. The van der Waals surface area contributed by atoms with Gasteiger partial charge in [0.05, 0.1) is 18.5 Å². The van der Waals surface area contributed by atoms with Crippen LogP contribution in [-0.2, 0) is 11.3 Å². The van der Waals surface area contributed by atoms with Crippen molar-refractivity contribution in [2.75, 3.05) is 25.1 Å². The Morgan fingerprint density at radius 2 is 2.30 bits per heavy atom. The third kappa shape index (κ3) is 4.59. The van der Waals surface area contributed by atoms with Crippen molar-refractivity contribution in [3.8, 4) is 0 Å². The van der Waals surface area contributed by atoms with Crippen molar-refractivity contribution >= 4 is 21.6 Å². The molecule has 0 spiro atoms. The normalized spacial score (nSPS) is 14.8. The highest BCUT2D eigenvalue weighted by Gasteiger charge is 2.23. The molecule has 1 heterocycles. The van der Waals surface area contributed by atoms with Crippen LogP contribution in [0.5, 0.6) is 0 Å². The summed E-state index contributed by atoms with van der Waals surface area (Å²) in [6.07, 6.45) is 4.12. The van der Waals surface area contributed by atoms with E-state index in [1.807, 2.05) is 0 Å². The predicted molar refractivity (Wildman–Crippen MR) is 83.1 cm³/mol. The molecular formula is C14H22BrN3O2. The van der Waals surface area contributed by atoms with Gasteiger partial charge in [0.2, 0.25) is 0 Å². The number of hydrogen-bond donors (Lipinski definition) is 1. The van der Waals surface area contributed by atoms with E-state index in [2.05, 4.69) is 40.2 Å². The second-order valence-electron chi connectivity index (χ2n) is 5.70. The van der Waals surface area contributed by atoms with E-state index in [-0.39, 0.29) is 5.56 Å². The van der Waals surface area contributed by atoms with Crippen LogP contribution in [0.25, 0.3) is 0 Å². The fourth-order valence-electron chi connectivity index (χ4n) is 1.84. The van der Waals surface area contributed by atoms with Crippen LogP contribution in [0.1, 0.15) is 26.7 Å². The van der Waals surface area contributed by atoms with E-state index in [0.29, 0.717) is 29.5 Å². The Kier molecular flexibility index (Phi) is 5.60. The molecule has 112 valence electrons. The fourth-order valence-corrected chi connectivity index (χ4v) is 2.29. The van der Waals surface area contributed by atoms with Gasteiger partial charge in [-0.15, -0.1) is 0 Å². The molecule has 1 aliphatic rings. The van der Waals surface area contributed by atoms with Gasteiger partial charge in [0.1, 0.15) is 4.47 Å². The van der Waals surface area contributed by atoms with Crippen LogP contribution in [0, 0.1) is 11.8 Å².